The van der Waals surface area contributed by atoms with Gasteiger partial charge in [-0.25, -0.2) is 0 Å². The van der Waals surface area contributed by atoms with Crippen molar-refractivity contribution in [2.24, 2.45) is 0 Å². The molecule has 0 amide bonds. The Bertz CT molecular complexity index is 484. The van der Waals surface area contributed by atoms with Crippen molar-refractivity contribution in [3.63, 3.8) is 0 Å². The third-order valence-electron chi connectivity index (χ3n) is 2.48. The van der Waals surface area contributed by atoms with E-state index in [9.17, 15) is 8.42 Å². The quantitative estimate of drug-likeness (QED) is 0.906. The number of hydrogen-bond donors (Lipinski definition) is 1. The summed E-state index contributed by atoms with van der Waals surface area (Å²) < 4.78 is 28.9. The van der Waals surface area contributed by atoms with E-state index in [1.807, 2.05) is 32.9 Å². The minimum Gasteiger partial charge on any atom is -0.271 e. The van der Waals surface area contributed by atoms with Crippen molar-refractivity contribution in [2.45, 2.75) is 20.8 Å². The fraction of sp³-hybridized carbons (Fsp3) is 0.455. The number of nitrogens with one attached hydrogen (secondary N) is 1. The molecule has 1 N–H and O–H groups in total. The maximum Gasteiger partial charge on any atom is 0.301 e. The Morgan fingerprint density at radius 3 is 2.41 bits per heavy atom. The lowest BCUT2D eigenvalue weighted by Crippen LogP contribution is -2.35. The van der Waals surface area contributed by atoms with Crippen LogP contribution in [0.3, 0.4) is 0 Å². The van der Waals surface area contributed by atoms with E-state index in [-0.39, 0.29) is 0 Å². The molecule has 0 aliphatic carbocycles. The van der Waals surface area contributed by atoms with E-state index >= 15 is 0 Å². The molecular formula is C11H17BrN2O2S. The number of anilines is 1. The summed E-state index contributed by atoms with van der Waals surface area (Å²) in [7, 11) is -3.45. The van der Waals surface area contributed by atoms with Crippen molar-refractivity contribution >= 4 is 31.8 Å². The lowest BCUT2D eigenvalue weighted by Gasteiger charge is -2.20. The van der Waals surface area contributed by atoms with Crippen LogP contribution in [0.25, 0.3) is 0 Å². The largest absolute Gasteiger partial charge is 0.301 e. The van der Waals surface area contributed by atoms with Gasteiger partial charge in [0.05, 0.1) is 5.69 Å². The zero-order valence-corrected chi connectivity index (χ0v) is 12.6. The standard InChI is InChI=1S/C11H17BrN2O2S/c1-4-14(5-2)17(15,16)13-11-8-10(12)7-6-9(11)3/h6-8,13H,4-5H2,1-3H3. The molecule has 0 saturated carbocycles. The third-order valence-corrected chi connectivity index (χ3v) is 4.65. The van der Waals surface area contributed by atoms with Crippen molar-refractivity contribution in [3.8, 4) is 0 Å². The van der Waals surface area contributed by atoms with Crippen molar-refractivity contribution in [2.75, 3.05) is 17.8 Å². The highest BCUT2D eigenvalue weighted by Crippen LogP contribution is 2.22. The molecule has 0 aromatic heterocycles. The minimum absolute atomic E-state index is 0.457. The van der Waals surface area contributed by atoms with Crippen LogP contribution in [-0.4, -0.2) is 25.8 Å². The Hall–Kier alpha value is -0.590. The van der Waals surface area contributed by atoms with Gasteiger partial charge in [-0.2, -0.15) is 12.7 Å². The first-order valence-electron chi connectivity index (χ1n) is 5.44. The van der Waals surface area contributed by atoms with E-state index in [2.05, 4.69) is 20.7 Å². The Morgan fingerprint density at radius 1 is 1.29 bits per heavy atom. The molecule has 0 saturated heterocycles. The van der Waals surface area contributed by atoms with Gasteiger partial charge < -0.3 is 0 Å². The zero-order chi connectivity index (χ0) is 13.1. The molecule has 0 aliphatic heterocycles. The Morgan fingerprint density at radius 2 is 1.88 bits per heavy atom. The fourth-order valence-corrected chi connectivity index (χ4v) is 3.14. The van der Waals surface area contributed by atoms with Crippen LogP contribution >= 0.6 is 15.9 Å². The lowest BCUT2D eigenvalue weighted by molar-refractivity contribution is 0.449. The molecular weight excluding hydrogens is 304 g/mol. The summed E-state index contributed by atoms with van der Waals surface area (Å²) in [6.45, 7) is 6.41. The summed E-state index contributed by atoms with van der Waals surface area (Å²) in [6, 6.07) is 5.51. The average molecular weight is 321 g/mol. The molecule has 17 heavy (non-hydrogen) atoms. The number of nitrogens with zero attached hydrogens (tertiary/aromatic N) is 1. The van der Waals surface area contributed by atoms with Gasteiger partial charge in [-0.1, -0.05) is 35.8 Å². The van der Waals surface area contributed by atoms with E-state index < -0.39 is 10.2 Å². The molecule has 4 nitrogen and oxygen atoms in total. The first-order chi connectivity index (χ1) is 7.90. The summed E-state index contributed by atoms with van der Waals surface area (Å²) in [5.41, 5.74) is 1.50. The highest BCUT2D eigenvalue weighted by molar-refractivity contribution is 9.10. The van der Waals surface area contributed by atoms with Gasteiger partial charge in [0, 0.05) is 17.6 Å². The molecule has 0 unspecified atom stereocenters. The van der Waals surface area contributed by atoms with E-state index in [4.69, 9.17) is 0 Å². The van der Waals surface area contributed by atoms with Crippen LogP contribution in [0, 0.1) is 6.92 Å². The predicted octanol–water partition coefficient (Wildman–Crippen LogP) is 2.76. The van der Waals surface area contributed by atoms with Gasteiger partial charge in [-0.15, -0.1) is 0 Å². The maximum atomic E-state index is 12.0. The fourth-order valence-electron chi connectivity index (χ4n) is 1.47. The predicted molar refractivity (Wildman–Crippen MR) is 74.3 cm³/mol. The van der Waals surface area contributed by atoms with Gasteiger partial charge in [-0.3, -0.25) is 4.72 Å². The van der Waals surface area contributed by atoms with Crippen LogP contribution in [0.5, 0.6) is 0 Å². The number of aryl methyl sites for hydroxylation is 1. The SMILES string of the molecule is CCN(CC)S(=O)(=O)Nc1cc(Br)ccc1C. The van der Waals surface area contributed by atoms with Gasteiger partial charge in [0.25, 0.3) is 0 Å². The molecule has 0 spiro atoms. The summed E-state index contributed by atoms with van der Waals surface area (Å²) in [5.74, 6) is 0. The van der Waals surface area contributed by atoms with E-state index in [0.717, 1.165) is 10.0 Å². The summed E-state index contributed by atoms with van der Waals surface area (Å²) >= 11 is 3.33. The maximum absolute atomic E-state index is 12.0. The van der Waals surface area contributed by atoms with Gasteiger partial charge in [0.2, 0.25) is 0 Å². The normalized spacial score (nSPS) is 11.8. The van der Waals surface area contributed by atoms with E-state index in [1.54, 1.807) is 6.07 Å². The molecule has 6 heteroatoms. The second-order valence-corrected chi connectivity index (χ2v) is 6.24. The van der Waals surface area contributed by atoms with Crippen LogP contribution in [0.2, 0.25) is 0 Å². The summed E-state index contributed by atoms with van der Waals surface area (Å²) in [5, 5.41) is 0. The topological polar surface area (TPSA) is 49.4 Å². The van der Waals surface area contributed by atoms with Crippen LogP contribution < -0.4 is 4.72 Å². The lowest BCUT2D eigenvalue weighted by atomic mass is 10.2. The molecule has 1 aromatic rings. The van der Waals surface area contributed by atoms with Crippen molar-refractivity contribution < 1.29 is 8.42 Å². The Labute approximate surface area is 111 Å². The minimum atomic E-state index is -3.45. The van der Waals surface area contributed by atoms with Gasteiger partial charge in [-0.05, 0) is 24.6 Å². The molecule has 1 aromatic carbocycles. The van der Waals surface area contributed by atoms with Gasteiger partial charge in [0.15, 0.2) is 0 Å². The first kappa shape index (κ1) is 14.5. The van der Waals surface area contributed by atoms with Gasteiger partial charge >= 0.3 is 10.2 Å². The van der Waals surface area contributed by atoms with Crippen LogP contribution in [-0.2, 0) is 10.2 Å². The van der Waals surface area contributed by atoms with Crippen LogP contribution in [0.15, 0.2) is 22.7 Å². The molecule has 0 heterocycles. The third kappa shape index (κ3) is 3.69. The molecule has 0 radical (unpaired) electrons. The zero-order valence-electron chi connectivity index (χ0n) is 10.2. The van der Waals surface area contributed by atoms with Gasteiger partial charge in [0.1, 0.15) is 0 Å². The number of halogens is 1. The van der Waals surface area contributed by atoms with E-state index in [1.165, 1.54) is 4.31 Å². The molecule has 0 atom stereocenters. The number of hydrogen-bond acceptors (Lipinski definition) is 2. The Kier molecular flexibility index (Phi) is 4.97. The Balaban J connectivity index is 3.01. The van der Waals surface area contributed by atoms with Crippen molar-refractivity contribution in [1.82, 2.24) is 4.31 Å². The highest BCUT2D eigenvalue weighted by atomic mass is 79.9. The van der Waals surface area contributed by atoms with E-state index in [0.29, 0.717) is 18.8 Å². The number of rotatable bonds is 5. The molecule has 96 valence electrons. The number of benzene rings is 1. The molecule has 1 rings (SSSR count). The molecule has 0 fully saturated rings. The van der Waals surface area contributed by atoms with Crippen molar-refractivity contribution in [3.05, 3.63) is 28.2 Å². The molecule has 0 aliphatic rings. The smallest absolute Gasteiger partial charge is 0.271 e. The molecule has 0 bridgehead atoms. The second kappa shape index (κ2) is 5.84. The van der Waals surface area contributed by atoms with Crippen molar-refractivity contribution in [1.29, 1.82) is 0 Å². The monoisotopic (exact) mass is 320 g/mol. The summed E-state index contributed by atoms with van der Waals surface area (Å²) in [6.07, 6.45) is 0. The first-order valence-corrected chi connectivity index (χ1v) is 7.68. The second-order valence-electron chi connectivity index (χ2n) is 3.65. The van der Waals surface area contributed by atoms with Crippen LogP contribution in [0.4, 0.5) is 5.69 Å². The average Bonchev–Trinajstić information content (AvgIpc) is 2.24. The van der Waals surface area contributed by atoms with Crippen LogP contribution in [0.1, 0.15) is 19.4 Å². The highest BCUT2D eigenvalue weighted by Gasteiger charge is 2.19. The summed E-state index contributed by atoms with van der Waals surface area (Å²) in [4.78, 5) is 0.